The molecular formula is C19H18FN3O2. The van der Waals surface area contributed by atoms with E-state index in [1.54, 1.807) is 35.1 Å². The highest BCUT2D eigenvalue weighted by atomic mass is 19.1. The van der Waals surface area contributed by atoms with Crippen LogP contribution >= 0.6 is 0 Å². The molecule has 0 unspecified atom stereocenters. The van der Waals surface area contributed by atoms with Gasteiger partial charge in [0.25, 0.3) is 5.91 Å². The van der Waals surface area contributed by atoms with E-state index in [2.05, 4.69) is 10.4 Å². The minimum atomic E-state index is -0.297. The van der Waals surface area contributed by atoms with Crippen LogP contribution in [0.4, 0.5) is 4.39 Å². The number of nitrogens with one attached hydrogen (secondary N) is 1. The number of carbonyl (C=O) groups excluding carboxylic acids is 1. The van der Waals surface area contributed by atoms with Gasteiger partial charge in [-0.2, -0.15) is 5.10 Å². The third-order valence-electron chi connectivity index (χ3n) is 3.79. The van der Waals surface area contributed by atoms with Crippen LogP contribution in [0.3, 0.4) is 0 Å². The van der Waals surface area contributed by atoms with Crippen LogP contribution in [0.2, 0.25) is 0 Å². The van der Waals surface area contributed by atoms with Gasteiger partial charge in [-0.25, -0.2) is 4.39 Å². The standard InChI is InChI=1S/C19H18FN3O2/c1-23-17(10-11-22-23)12-21-19(24)15-4-2-14(3-5-15)13-25-18-8-6-16(20)7-9-18/h2-11H,12-13H2,1H3,(H,21,24). The molecule has 0 aliphatic carbocycles. The van der Waals surface area contributed by atoms with Crippen LogP contribution in [-0.2, 0) is 20.2 Å². The van der Waals surface area contributed by atoms with E-state index in [1.807, 2.05) is 25.2 Å². The fourth-order valence-electron chi connectivity index (χ4n) is 2.30. The summed E-state index contributed by atoms with van der Waals surface area (Å²) in [4.78, 5) is 12.2. The van der Waals surface area contributed by atoms with Crippen LogP contribution in [-0.4, -0.2) is 15.7 Å². The predicted molar refractivity (Wildman–Crippen MR) is 91.6 cm³/mol. The van der Waals surface area contributed by atoms with Gasteiger partial charge in [-0.3, -0.25) is 9.48 Å². The predicted octanol–water partition coefficient (Wildman–Crippen LogP) is 3.07. The number of carbonyl (C=O) groups is 1. The van der Waals surface area contributed by atoms with Crippen molar-refractivity contribution in [3.05, 3.63) is 83.4 Å². The highest BCUT2D eigenvalue weighted by molar-refractivity contribution is 5.94. The molecule has 3 aromatic rings. The van der Waals surface area contributed by atoms with Gasteiger partial charge in [0.1, 0.15) is 18.2 Å². The van der Waals surface area contributed by atoms with Gasteiger partial charge in [0, 0.05) is 18.8 Å². The first-order valence-electron chi connectivity index (χ1n) is 7.84. The number of aryl methyl sites for hydroxylation is 1. The number of halogens is 1. The van der Waals surface area contributed by atoms with Crippen molar-refractivity contribution in [2.24, 2.45) is 7.05 Å². The molecule has 0 aliphatic heterocycles. The second-order valence-electron chi connectivity index (χ2n) is 5.57. The molecule has 25 heavy (non-hydrogen) atoms. The van der Waals surface area contributed by atoms with Gasteiger partial charge in [-0.15, -0.1) is 0 Å². The average Bonchev–Trinajstić information content (AvgIpc) is 3.04. The van der Waals surface area contributed by atoms with E-state index < -0.39 is 0 Å². The molecule has 2 aromatic carbocycles. The van der Waals surface area contributed by atoms with Crippen molar-refractivity contribution in [2.75, 3.05) is 0 Å². The smallest absolute Gasteiger partial charge is 0.251 e. The maximum atomic E-state index is 12.8. The number of benzene rings is 2. The zero-order valence-electron chi connectivity index (χ0n) is 13.8. The molecule has 128 valence electrons. The van der Waals surface area contributed by atoms with E-state index >= 15 is 0 Å². The normalized spacial score (nSPS) is 10.5. The first-order valence-corrected chi connectivity index (χ1v) is 7.84. The highest BCUT2D eigenvalue weighted by Gasteiger charge is 2.07. The number of ether oxygens (including phenoxy) is 1. The Morgan fingerprint density at radius 3 is 2.48 bits per heavy atom. The summed E-state index contributed by atoms with van der Waals surface area (Å²) in [6, 6.07) is 14.9. The van der Waals surface area contributed by atoms with Crippen molar-refractivity contribution in [1.82, 2.24) is 15.1 Å². The topological polar surface area (TPSA) is 56.2 Å². The fourth-order valence-corrected chi connectivity index (χ4v) is 2.30. The molecule has 0 saturated heterocycles. The Kier molecular flexibility index (Phi) is 5.09. The second kappa shape index (κ2) is 7.61. The molecule has 1 heterocycles. The minimum absolute atomic E-state index is 0.146. The number of hydrogen-bond acceptors (Lipinski definition) is 3. The molecule has 0 saturated carbocycles. The Morgan fingerprint density at radius 2 is 1.84 bits per heavy atom. The molecule has 1 aromatic heterocycles. The molecule has 3 rings (SSSR count). The van der Waals surface area contributed by atoms with Crippen molar-refractivity contribution >= 4 is 5.91 Å². The molecule has 5 nitrogen and oxygen atoms in total. The lowest BCUT2D eigenvalue weighted by Gasteiger charge is -2.08. The molecule has 0 fully saturated rings. The number of aromatic nitrogens is 2. The van der Waals surface area contributed by atoms with Gasteiger partial charge < -0.3 is 10.1 Å². The number of rotatable bonds is 6. The van der Waals surface area contributed by atoms with E-state index in [0.29, 0.717) is 24.5 Å². The summed E-state index contributed by atoms with van der Waals surface area (Å²) in [5.41, 5.74) is 2.43. The van der Waals surface area contributed by atoms with Crippen LogP contribution in [0.5, 0.6) is 5.75 Å². The summed E-state index contributed by atoms with van der Waals surface area (Å²) in [5, 5.41) is 6.92. The molecular weight excluding hydrogens is 321 g/mol. The zero-order chi connectivity index (χ0) is 17.6. The molecule has 0 aliphatic rings. The van der Waals surface area contributed by atoms with Gasteiger partial charge in [-0.1, -0.05) is 12.1 Å². The van der Waals surface area contributed by atoms with Crippen molar-refractivity contribution in [3.63, 3.8) is 0 Å². The van der Waals surface area contributed by atoms with E-state index in [9.17, 15) is 9.18 Å². The van der Waals surface area contributed by atoms with Crippen molar-refractivity contribution in [2.45, 2.75) is 13.2 Å². The van der Waals surface area contributed by atoms with Crippen LogP contribution in [0, 0.1) is 5.82 Å². The fraction of sp³-hybridized carbons (Fsp3) is 0.158. The molecule has 0 radical (unpaired) electrons. The molecule has 1 amide bonds. The lowest BCUT2D eigenvalue weighted by atomic mass is 10.1. The van der Waals surface area contributed by atoms with Crippen molar-refractivity contribution in [1.29, 1.82) is 0 Å². The Balaban J connectivity index is 1.53. The van der Waals surface area contributed by atoms with Gasteiger partial charge in [0.2, 0.25) is 0 Å². The Labute approximate surface area is 145 Å². The van der Waals surface area contributed by atoms with Crippen molar-refractivity contribution < 1.29 is 13.9 Å². The monoisotopic (exact) mass is 339 g/mol. The van der Waals surface area contributed by atoms with Crippen LogP contribution in [0.15, 0.2) is 60.8 Å². The second-order valence-corrected chi connectivity index (χ2v) is 5.57. The van der Waals surface area contributed by atoms with Gasteiger partial charge >= 0.3 is 0 Å². The van der Waals surface area contributed by atoms with Gasteiger partial charge in [0.15, 0.2) is 0 Å². The Bertz CT molecular complexity index is 842. The lowest BCUT2D eigenvalue weighted by molar-refractivity contribution is 0.0950. The lowest BCUT2D eigenvalue weighted by Crippen LogP contribution is -2.24. The minimum Gasteiger partial charge on any atom is -0.489 e. The molecule has 0 spiro atoms. The molecule has 0 atom stereocenters. The summed E-state index contributed by atoms with van der Waals surface area (Å²) < 4.78 is 20.1. The van der Waals surface area contributed by atoms with E-state index in [4.69, 9.17) is 4.74 Å². The van der Waals surface area contributed by atoms with Crippen LogP contribution in [0.1, 0.15) is 21.6 Å². The number of nitrogens with zero attached hydrogens (tertiary/aromatic N) is 2. The molecule has 1 N–H and O–H groups in total. The molecule has 6 heteroatoms. The average molecular weight is 339 g/mol. The summed E-state index contributed by atoms with van der Waals surface area (Å²) in [5.74, 6) is 0.153. The maximum absolute atomic E-state index is 12.8. The number of hydrogen-bond donors (Lipinski definition) is 1. The van der Waals surface area contributed by atoms with Crippen LogP contribution < -0.4 is 10.1 Å². The summed E-state index contributed by atoms with van der Waals surface area (Å²) in [6.45, 7) is 0.771. The van der Waals surface area contributed by atoms with E-state index in [0.717, 1.165) is 11.3 Å². The van der Waals surface area contributed by atoms with E-state index in [-0.39, 0.29) is 11.7 Å². The number of amides is 1. The molecule has 0 bridgehead atoms. The van der Waals surface area contributed by atoms with Gasteiger partial charge in [0.05, 0.1) is 12.2 Å². The third-order valence-corrected chi connectivity index (χ3v) is 3.79. The van der Waals surface area contributed by atoms with E-state index in [1.165, 1.54) is 12.1 Å². The Hall–Kier alpha value is -3.15. The summed E-state index contributed by atoms with van der Waals surface area (Å²) in [6.07, 6.45) is 1.69. The first-order chi connectivity index (χ1) is 12.1. The SMILES string of the molecule is Cn1nccc1CNC(=O)c1ccc(COc2ccc(F)cc2)cc1. The zero-order valence-corrected chi connectivity index (χ0v) is 13.8. The third kappa shape index (κ3) is 4.44. The quantitative estimate of drug-likeness (QED) is 0.751. The first kappa shape index (κ1) is 16.7. The summed E-state index contributed by atoms with van der Waals surface area (Å²) >= 11 is 0. The van der Waals surface area contributed by atoms with Gasteiger partial charge in [-0.05, 0) is 48.0 Å². The maximum Gasteiger partial charge on any atom is 0.251 e. The summed E-state index contributed by atoms with van der Waals surface area (Å²) in [7, 11) is 1.83. The largest absolute Gasteiger partial charge is 0.489 e. The Morgan fingerprint density at radius 1 is 1.12 bits per heavy atom. The highest BCUT2D eigenvalue weighted by Crippen LogP contribution is 2.14. The van der Waals surface area contributed by atoms with Crippen LogP contribution in [0.25, 0.3) is 0 Å². The van der Waals surface area contributed by atoms with Crippen molar-refractivity contribution in [3.8, 4) is 5.75 Å².